The zero-order valence-electron chi connectivity index (χ0n) is 16.0. The molecule has 0 heterocycles. The number of amides is 1. The monoisotopic (exact) mass is 398 g/mol. The van der Waals surface area contributed by atoms with Gasteiger partial charge in [-0.3, -0.25) is 24.5 Å². The van der Waals surface area contributed by atoms with Gasteiger partial charge in [0.25, 0.3) is 5.91 Å². The molecular formula is C21H22N2O6. The van der Waals surface area contributed by atoms with Gasteiger partial charge < -0.3 is 10.1 Å². The topological polar surface area (TPSA) is 116 Å². The van der Waals surface area contributed by atoms with Gasteiger partial charge in [-0.1, -0.05) is 43.3 Å². The van der Waals surface area contributed by atoms with E-state index in [-0.39, 0.29) is 31.1 Å². The van der Waals surface area contributed by atoms with E-state index in [9.17, 15) is 24.5 Å². The summed E-state index contributed by atoms with van der Waals surface area (Å²) in [4.78, 5) is 46.8. The van der Waals surface area contributed by atoms with Crippen LogP contribution in [0.15, 0.2) is 42.5 Å². The number of hydrogen-bond acceptors (Lipinski definition) is 6. The Balaban J connectivity index is 1.55. The summed E-state index contributed by atoms with van der Waals surface area (Å²) in [5, 5.41) is 15.4. The molecule has 29 heavy (non-hydrogen) atoms. The predicted octanol–water partition coefficient (Wildman–Crippen LogP) is 2.83. The van der Waals surface area contributed by atoms with Crippen LogP contribution in [0.3, 0.4) is 0 Å². The van der Waals surface area contributed by atoms with E-state index < -0.39 is 35.2 Å². The van der Waals surface area contributed by atoms with Gasteiger partial charge in [0.1, 0.15) is 5.78 Å². The Morgan fingerprint density at radius 2 is 1.93 bits per heavy atom. The van der Waals surface area contributed by atoms with E-state index in [1.807, 2.05) is 36.4 Å². The third kappa shape index (κ3) is 4.96. The van der Waals surface area contributed by atoms with Crippen LogP contribution in [-0.4, -0.2) is 35.7 Å². The molecule has 2 aromatic rings. The van der Waals surface area contributed by atoms with Crippen LogP contribution in [0.5, 0.6) is 0 Å². The van der Waals surface area contributed by atoms with Crippen molar-refractivity contribution in [1.29, 1.82) is 0 Å². The maximum atomic E-state index is 12.2. The van der Waals surface area contributed by atoms with Crippen LogP contribution in [-0.2, 0) is 19.1 Å². The normalized spacial score (nSPS) is 21.1. The molecule has 1 N–H and O–H groups in total. The van der Waals surface area contributed by atoms with E-state index in [2.05, 4.69) is 5.32 Å². The number of Topliss-reactive ketones (excluding diaryl/α,β-unsaturated/α-hetero) is 1. The number of nitrogens with zero attached hydrogens (tertiary/aromatic N) is 1. The quantitative estimate of drug-likeness (QED) is 0.436. The first-order valence-corrected chi connectivity index (χ1v) is 9.43. The first-order chi connectivity index (χ1) is 13.8. The van der Waals surface area contributed by atoms with Crippen molar-refractivity contribution in [1.82, 2.24) is 0 Å². The van der Waals surface area contributed by atoms with E-state index in [0.29, 0.717) is 5.69 Å². The molecule has 3 atom stereocenters. The van der Waals surface area contributed by atoms with Gasteiger partial charge in [-0.2, -0.15) is 0 Å². The molecule has 0 unspecified atom stereocenters. The van der Waals surface area contributed by atoms with Gasteiger partial charge in [0.2, 0.25) is 6.54 Å². The number of ether oxygens (including phenoxy) is 1. The minimum atomic E-state index is -0.732. The number of carbonyl (C=O) groups excluding carboxylic acids is 3. The fourth-order valence-electron chi connectivity index (χ4n) is 3.91. The van der Waals surface area contributed by atoms with Crippen LogP contribution in [0.4, 0.5) is 5.69 Å². The lowest BCUT2D eigenvalue weighted by atomic mass is 9.88. The van der Waals surface area contributed by atoms with Gasteiger partial charge in [0.15, 0.2) is 6.61 Å². The number of benzene rings is 2. The van der Waals surface area contributed by atoms with Gasteiger partial charge in [-0.25, -0.2) is 0 Å². The summed E-state index contributed by atoms with van der Waals surface area (Å²) in [6.45, 7) is 0.930. The van der Waals surface area contributed by atoms with Crippen molar-refractivity contribution >= 4 is 34.1 Å². The van der Waals surface area contributed by atoms with E-state index in [4.69, 9.17) is 4.74 Å². The van der Waals surface area contributed by atoms with Crippen molar-refractivity contribution in [2.45, 2.75) is 19.8 Å². The standard InChI is InChI=1S/C21H22N2O6/c1-13-9-19(24)16(17(13)11-23(27)28)10-21(26)29-12-20(25)22-18-8-4-6-14-5-2-3-7-15(14)18/h2-8,13,16-17H,9-12H2,1H3,(H,22,25)/t13-,16+,17+/m0/s1. The second-order valence-electron chi connectivity index (χ2n) is 7.37. The summed E-state index contributed by atoms with van der Waals surface area (Å²) in [5.74, 6) is -2.75. The number of ketones is 1. The van der Waals surface area contributed by atoms with Crippen molar-refractivity contribution in [2.24, 2.45) is 17.8 Å². The van der Waals surface area contributed by atoms with Crippen LogP contribution < -0.4 is 5.32 Å². The Morgan fingerprint density at radius 3 is 2.69 bits per heavy atom. The summed E-state index contributed by atoms with van der Waals surface area (Å²) in [5.41, 5.74) is 0.606. The van der Waals surface area contributed by atoms with Gasteiger partial charge >= 0.3 is 5.97 Å². The van der Waals surface area contributed by atoms with E-state index in [1.165, 1.54) is 0 Å². The van der Waals surface area contributed by atoms with E-state index in [1.54, 1.807) is 13.0 Å². The first-order valence-electron chi connectivity index (χ1n) is 9.43. The SMILES string of the molecule is C[C@H]1CC(=O)[C@H](CC(=O)OCC(=O)Nc2cccc3ccccc23)[C@@H]1C[N+](=O)[O-]. The van der Waals surface area contributed by atoms with Gasteiger partial charge in [-0.15, -0.1) is 0 Å². The fraction of sp³-hybridized carbons (Fsp3) is 0.381. The highest BCUT2D eigenvalue weighted by Crippen LogP contribution is 2.36. The van der Waals surface area contributed by atoms with Gasteiger partial charge in [0.05, 0.1) is 6.42 Å². The van der Waals surface area contributed by atoms with Crippen molar-refractivity contribution < 1.29 is 24.0 Å². The number of esters is 1. The Hall–Kier alpha value is -3.29. The van der Waals surface area contributed by atoms with Gasteiger partial charge in [0, 0.05) is 34.3 Å². The Bertz CT molecular complexity index is 952. The van der Waals surface area contributed by atoms with E-state index >= 15 is 0 Å². The maximum Gasteiger partial charge on any atom is 0.307 e. The zero-order valence-corrected chi connectivity index (χ0v) is 16.0. The summed E-state index contributed by atoms with van der Waals surface area (Å²) in [6, 6.07) is 13.0. The maximum absolute atomic E-state index is 12.2. The lowest BCUT2D eigenvalue weighted by Crippen LogP contribution is -2.28. The molecule has 0 aliphatic heterocycles. The summed E-state index contributed by atoms with van der Waals surface area (Å²) < 4.78 is 5.01. The fourth-order valence-corrected chi connectivity index (χ4v) is 3.91. The van der Waals surface area contributed by atoms with Crippen molar-refractivity contribution in [3.05, 3.63) is 52.6 Å². The average Bonchev–Trinajstić information content (AvgIpc) is 2.93. The van der Waals surface area contributed by atoms with Crippen LogP contribution in [0.1, 0.15) is 19.8 Å². The summed E-state index contributed by atoms with van der Waals surface area (Å²) in [7, 11) is 0. The molecule has 3 rings (SSSR count). The highest BCUT2D eigenvalue weighted by molar-refractivity contribution is 6.02. The molecule has 1 fully saturated rings. The van der Waals surface area contributed by atoms with Crippen LogP contribution in [0.25, 0.3) is 10.8 Å². The largest absolute Gasteiger partial charge is 0.456 e. The zero-order chi connectivity index (χ0) is 21.0. The Morgan fingerprint density at radius 1 is 1.21 bits per heavy atom. The molecule has 0 radical (unpaired) electrons. The Labute approximate surface area is 167 Å². The minimum Gasteiger partial charge on any atom is -0.456 e. The van der Waals surface area contributed by atoms with E-state index in [0.717, 1.165) is 10.8 Å². The van der Waals surface area contributed by atoms with Crippen molar-refractivity contribution in [3.8, 4) is 0 Å². The molecule has 8 heteroatoms. The predicted molar refractivity (Wildman–Crippen MR) is 106 cm³/mol. The number of hydrogen-bond donors (Lipinski definition) is 1. The molecule has 0 spiro atoms. The van der Waals surface area contributed by atoms with Gasteiger partial charge in [-0.05, 0) is 17.4 Å². The molecule has 152 valence electrons. The second-order valence-corrected chi connectivity index (χ2v) is 7.37. The third-order valence-electron chi connectivity index (χ3n) is 5.36. The molecule has 0 saturated heterocycles. The number of rotatable bonds is 7. The minimum absolute atomic E-state index is 0.152. The van der Waals surface area contributed by atoms with Crippen LogP contribution in [0, 0.1) is 27.9 Å². The molecule has 8 nitrogen and oxygen atoms in total. The molecule has 1 saturated carbocycles. The Kier molecular flexibility index (Phi) is 6.21. The number of nitrogens with one attached hydrogen (secondary N) is 1. The molecule has 0 aromatic heterocycles. The highest BCUT2D eigenvalue weighted by Gasteiger charge is 2.44. The number of carbonyl (C=O) groups is 3. The van der Waals surface area contributed by atoms with Crippen molar-refractivity contribution in [2.75, 3.05) is 18.5 Å². The third-order valence-corrected chi connectivity index (χ3v) is 5.36. The number of anilines is 1. The number of fused-ring (bicyclic) bond motifs is 1. The first kappa shape index (κ1) is 20.4. The van der Waals surface area contributed by atoms with Crippen LogP contribution >= 0.6 is 0 Å². The molecular weight excluding hydrogens is 376 g/mol. The average molecular weight is 398 g/mol. The smallest absolute Gasteiger partial charge is 0.307 e. The molecule has 0 bridgehead atoms. The van der Waals surface area contributed by atoms with Crippen molar-refractivity contribution in [3.63, 3.8) is 0 Å². The molecule has 2 aromatic carbocycles. The summed E-state index contributed by atoms with van der Waals surface area (Å²) in [6.07, 6.45) is -0.0265. The second kappa shape index (κ2) is 8.81. The lowest BCUT2D eigenvalue weighted by molar-refractivity contribution is -0.490. The molecule has 1 aliphatic carbocycles. The molecule has 1 amide bonds. The molecule has 1 aliphatic rings. The number of nitro groups is 1. The lowest BCUT2D eigenvalue weighted by Gasteiger charge is -2.17. The van der Waals surface area contributed by atoms with Crippen LogP contribution in [0.2, 0.25) is 0 Å². The summed E-state index contributed by atoms with van der Waals surface area (Å²) >= 11 is 0. The highest BCUT2D eigenvalue weighted by atomic mass is 16.6.